The lowest BCUT2D eigenvalue weighted by Crippen LogP contribution is -2.29. The molecule has 1 aliphatic heterocycles. The second-order valence-electron chi connectivity index (χ2n) is 6.86. The van der Waals surface area contributed by atoms with Gasteiger partial charge in [0.2, 0.25) is 0 Å². The molecule has 3 aromatic carbocycles. The van der Waals surface area contributed by atoms with Gasteiger partial charge in [0, 0.05) is 22.2 Å². The number of aliphatic hydroxyl groups excluding tert-OH is 1. The number of amides is 1. The zero-order valence-corrected chi connectivity index (χ0v) is 17.5. The maximum absolute atomic E-state index is 13.0. The van der Waals surface area contributed by atoms with Crippen LogP contribution < -0.4 is 4.90 Å². The van der Waals surface area contributed by atoms with Crippen LogP contribution in [0.4, 0.5) is 11.4 Å². The smallest absolute Gasteiger partial charge is 0.300 e. The molecule has 8 heteroatoms. The zero-order chi connectivity index (χ0) is 22.1. The van der Waals surface area contributed by atoms with Crippen LogP contribution in [0.2, 0.25) is 0 Å². The molecule has 0 bridgehead atoms. The summed E-state index contributed by atoms with van der Waals surface area (Å²) in [7, 11) is 0. The van der Waals surface area contributed by atoms with Crippen molar-refractivity contribution < 1.29 is 19.6 Å². The van der Waals surface area contributed by atoms with Gasteiger partial charge in [0.15, 0.2) is 0 Å². The van der Waals surface area contributed by atoms with Crippen LogP contribution in [-0.2, 0) is 9.59 Å². The van der Waals surface area contributed by atoms with E-state index in [4.69, 9.17) is 0 Å². The van der Waals surface area contributed by atoms with Crippen LogP contribution in [0.1, 0.15) is 17.2 Å². The van der Waals surface area contributed by atoms with Gasteiger partial charge in [-0.1, -0.05) is 64.5 Å². The Morgan fingerprint density at radius 2 is 1.65 bits per heavy atom. The molecule has 3 aromatic rings. The summed E-state index contributed by atoms with van der Waals surface area (Å²) in [5.74, 6) is -2.04. The summed E-state index contributed by atoms with van der Waals surface area (Å²) in [6, 6.07) is 20.0. The van der Waals surface area contributed by atoms with E-state index in [1.807, 2.05) is 0 Å². The van der Waals surface area contributed by atoms with Gasteiger partial charge in [0.05, 0.1) is 22.2 Å². The Bertz CT molecular complexity index is 1220. The lowest BCUT2D eigenvalue weighted by Gasteiger charge is -2.25. The SMILES string of the molecule is O=C1C(=O)N(c2cccc([N+](=O)[O-])c2)[C@H](c2ccc(Br)cc2)C1=C(O)c1ccccc1. The van der Waals surface area contributed by atoms with Crippen LogP contribution in [0.5, 0.6) is 0 Å². The number of hydrogen-bond acceptors (Lipinski definition) is 5. The highest BCUT2D eigenvalue weighted by Gasteiger charge is 2.47. The van der Waals surface area contributed by atoms with Gasteiger partial charge in [-0.15, -0.1) is 0 Å². The first kappa shape index (κ1) is 20.5. The third-order valence-corrected chi connectivity index (χ3v) is 5.52. The molecule has 0 aliphatic carbocycles. The maximum Gasteiger partial charge on any atom is 0.300 e. The van der Waals surface area contributed by atoms with Crippen LogP contribution in [0.3, 0.4) is 0 Å². The molecule has 0 saturated carbocycles. The molecule has 0 aromatic heterocycles. The van der Waals surface area contributed by atoms with E-state index in [0.29, 0.717) is 11.1 Å². The Kier molecular flexibility index (Phi) is 5.39. The van der Waals surface area contributed by atoms with Crippen molar-refractivity contribution in [1.29, 1.82) is 0 Å². The maximum atomic E-state index is 13.0. The number of nitro groups is 1. The van der Waals surface area contributed by atoms with Crippen molar-refractivity contribution in [3.8, 4) is 0 Å². The molecule has 0 unspecified atom stereocenters. The number of rotatable bonds is 4. The average Bonchev–Trinajstić information content (AvgIpc) is 3.05. The average molecular weight is 479 g/mol. The van der Waals surface area contributed by atoms with Gasteiger partial charge < -0.3 is 5.11 Å². The van der Waals surface area contributed by atoms with Gasteiger partial charge in [-0.2, -0.15) is 0 Å². The number of benzene rings is 3. The van der Waals surface area contributed by atoms with Crippen molar-refractivity contribution >= 4 is 44.8 Å². The largest absolute Gasteiger partial charge is 0.507 e. The number of carbonyl (C=O) groups is 2. The molecular formula is C23H15BrN2O5. The molecule has 1 heterocycles. The fourth-order valence-electron chi connectivity index (χ4n) is 3.57. The van der Waals surface area contributed by atoms with Crippen molar-refractivity contribution in [2.24, 2.45) is 0 Å². The van der Waals surface area contributed by atoms with Crippen molar-refractivity contribution in [3.05, 3.63) is 110 Å². The van der Waals surface area contributed by atoms with Gasteiger partial charge in [0.1, 0.15) is 5.76 Å². The lowest BCUT2D eigenvalue weighted by atomic mass is 9.95. The fraction of sp³-hybridized carbons (Fsp3) is 0.0435. The Balaban J connectivity index is 1.95. The van der Waals surface area contributed by atoms with Crippen LogP contribution in [0.25, 0.3) is 5.76 Å². The van der Waals surface area contributed by atoms with E-state index in [-0.39, 0.29) is 22.7 Å². The second kappa shape index (κ2) is 8.16. The topological polar surface area (TPSA) is 101 Å². The van der Waals surface area contributed by atoms with Crippen LogP contribution in [-0.4, -0.2) is 21.7 Å². The molecular weight excluding hydrogens is 464 g/mol. The first-order valence-corrected chi connectivity index (χ1v) is 10.0. The summed E-state index contributed by atoms with van der Waals surface area (Å²) in [6.45, 7) is 0. The first-order chi connectivity index (χ1) is 14.9. The van der Waals surface area contributed by atoms with E-state index in [1.165, 1.54) is 29.2 Å². The number of anilines is 1. The Labute approximate surface area is 185 Å². The van der Waals surface area contributed by atoms with Gasteiger partial charge in [0.25, 0.3) is 17.4 Å². The Morgan fingerprint density at radius 1 is 0.968 bits per heavy atom. The molecule has 31 heavy (non-hydrogen) atoms. The molecule has 1 N–H and O–H groups in total. The fourth-order valence-corrected chi connectivity index (χ4v) is 3.83. The lowest BCUT2D eigenvalue weighted by molar-refractivity contribution is -0.384. The molecule has 1 atom stereocenters. The van der Waals surface area contributed by atoms with Crippen molar-refractivity contribution in [2.75, 3.05) is 4.90 Å². The number of aliphatic hydroxyl groups is 1. The summed E-state index contributed by atoms with van der Waals surface area (Å²) in [5.41, 5.74) is 0.867. The van der Waals surface area contributed by atoms with Crippen LogP contribution in [0, 0.1) is 10.1 Å². The predicted octanol–water partition coefficient (Wildman–Crippen LogP) is 4.98. The van der Waals surface area contributed by atoms with Gasteiger partial charge >= 0.3 is 0 Å². The molecule has 0 radical (unpaired) electrons. The van der Waals surface area contributed by atoms with Crippen molar-refractivity contribution in [2.45, 2.75) is 6.04 Å². The number of hydrogen-bond donors (Lipinski definition) is 1. The summed E-state index contributed by atoms with van der Waals surface area (Å²) in [4.78, 5) is 37.9. The molecule has 7 nitrogen and oxygen atoms in total. The highest BCUT2D eigenvalue weighted by Crippen LogP contribution is 2.42. The minimum atomic E-state index is -0.949. The van der Waals surface area contributed by atoms with E-state index in [2.05, 4.69) is 15.9 Å². The number of ketones is 1. The third kappa shape index (κ3) is 3.73. The molecule has 1 fully saturated rings. The molecule has 4 rings (SSSR count). The minimum Gasteiger partial charge on any atom is -0.507 e. The standard InChI is InChI=1S/C23H15BrN2O5/c24-16-11-9-14(10-12-16)20-19(21(27)15-5-2-1-3-6-15)22(28)23(29)25(20)17-7-4-8-18(13-17)26(30)31/h1-13,20,27H/t20-/m1/s1. The molecule has 1 saturated heterocycles. The van der Waals surface area contributed by atoms with E-state index in [1.54, 1.807) is 54.6 Å². The van der Waals surface area contributed by atoms with Crippen LogP contribution in [0.15, 0.2) is 88.9 Å². The summed E-state index contributed by atoms with van der Waals surface area (Å²) >= 11 is 3.36. The highest BCUT2D eigenvalue weighted by atomic mass is 79.9. The monoisotopic (exact) mass is 478 g/mol. The molecule has 0 spiro atoms. The molecule has 154 valence electrons. The summed E-state index contributed by atoms with van der Waals surface area (Å²) < 4.78 is 0.798. The molecule has 1 amide bonds. The van der Waals surface area contributed by atoms with E-state index < -0.39 is 22.7 Å². The zero-order valence-electron chi connectivity index (χ0n) is 15.9. The van der Waals surface area contributed by atoms with E-state index in [0.717, 1.165) is 4.47 Å². The number of non-ortho nitro benzene ring substituents is 1. The molecule has 1 aliphatic rings. The number of nitro benzene ring substituents is 1. The third-order valence-electron chi connectivity index (χ3n) is 5.00. The number of carbonyl (C=O) groups excluding carboxylic acids is 2. The van der Waals surface area contributed by atoms with Gasteiger partial charge in [-0.3, -0.25) is 24.6 Å². The van der Waals surface area contributed by atoms with E-state index >= 15 is 0 Å². The predicted molar refractivity (Wildman–Crippen MR) is 118 cm³/mol. The summed E-state index contributed by atoms with van der Waals surface area (Å²) in [6.07, 6.45) is 0. The first-order valence-electron chi connectivity index (χ1n) is 9.25. The minimum absolute atomic E-state index is 0.0787. The highest BCUT2D eigenvalue weighted by molar-refractivity contribution is 9.10. The quantitative estimate of drug-likeness (QED) is 0.187. The summed E-state index contributed by atoms with van der Waals surface area (Å²) in [5, 5.41) is 22.2. The second-order valence-corrected chi connectivity index (χ2v) is 7.78. The van der Waals surface area contributed by atoms with Gasteiger partial charge in [-0.05, 0) is 23.8 Å². The Hall–Kier alpha value is -3.78. The number of Topliss-reactive ketones (excluding diaryl/α,β-unsaturated/α-hetero) is 1. The normalized spacial score (nSPS) is 17.7. The van der Waals surface area contributed by atoms with Crippen molar-refractivity contribution in [3.63, 3.8) is 0 Å². The number of nitrogens with zero attached hydrogens (tertiary/aromatic N) is 2. The van der Waals surface area contributed by atoms with E-state index in [9.17, 15) is 24.8 Å². The Morgan fingerprint density at radius 3 is 2.29 bits per heavy atom. The van der Waals surface area contributed by atoms with Crippen molar-refractivity contribution in [1.82, 2.24) is 0 Å². The van der Waals surface area contributed by atoms with Crippen LogP contribution >= 0.6 is 15.9 Å². The number of halogens is 1. The van der Waals surface area contributed by atoms with Gasteiger partial charge in [-0.25, -0.2) is 0 Å².